The summed E-state index contributed by atoms with van der Waals surface area (Å²) < 4.78 is 34.2. The average Bonchev–Trinajstić information content (AvgIpc) is 3.24. The maximum Gasteiger partial charge on any atom is 0.347 e. The number of hydrogen-bond donors (Lipinski definition) is 1. The lowest BCUT2D eigenvalue weighted by molar-refractivity contribution is -0.146. The van der Waals surface area contributed by atoms with Gasteiger partial charge in [-0.15, -0.1) is 0 Å². The lowest BCUT2D eigenvalue weighted by Crippen LogP contribution is -2.37. The Morgan fingerprint density at radius 3 is 2.15 bits per heavy atom. The van der Waals surface area contributed by atoms with Gasteiger partial charge in [-0.2, -0.15) is 0 Å². The minimum Gasteiger partial charge on any atom is -0.449 e. The molecule has 2 aromatic carbocycles. The fourth-order valence-corrected chi connectivity index (χ4v) is 5.76. The second-order valence-corrected chi connectivity index (χ2v) is 9.39. The molecule has 0 amide bonds. The molecule has 0 aromatic heterocycles. The minimum absolute atomic E-state index is 0.161. The van der Waals surface area contributed by atoms with Gasteiger partial charge in [0.25, 0.3) is 10.0 Å². The highest BCUT2D eigenvalue weighted by molar-refractivity contribution is 8.04. The molecular weight excluding hydrogens is 382 g/mol. The number of benzene rings is 2. The van der Waals surface area contributed by atoms with Crippen LogP contribution < -0.4 is 4.72 Å². The molecule has 4 rings (SSSR count). The lowest BCUT2D eigenvalue weighted by atomic mass is 9.99. The van der Waals surface area contributed by atoms with Gasteiger partial charge in [-0.25, -0.2) is 13.2 Å². The van der Waals surface area contributed by atoms with Crippen molar-refractivity contribution in [1.82, 2.24) is 4.72 Å². The molecule has 1 fully saturated rings. The van der Waals surface area contributed by atoms with Crippen LogP contribution >= 0.6 is 11.8 Å². The Hall–Kier alpha value is -2.25. The van der Waals surface area contributed by atoms with Gasteiger partial charge in [-0.3, -0.25) is 4.72 Å². The molecule has 1 aliphatic heterocycles. The highest BCUT2D eigenvalue weighted by Gasteiger charge is 2.51. The summed E-state index contributed by atoms with van der Waals surface area (Å²) in [5.74, 6) is -0.462. The summed E-state index contributed by atoms with van der Waals surface area (Å²) in [6.07, 6.45) is 3.05. The number of thioether (sulfide) groups is 1. The van der Waals surface area contributed by atoms with E-state index in [4.69, 9.17) is 4.74 Å². The van der Waals surface area contributed by atoms with E-state index in [1.165, 1.54) is 23.9 Å². The third kappa shape index (κ3) is 3.49. The maximum atomic E-state index is 12.9. The molecule has 1 N–H and O–H groups in total. The van der Waals surface area contributed by atoms with E-state index in [1.54, 1.807) is 18.2 Å². The Kier molecular flexibility index (Phi) is 4.74. The van der Waals surface area contributed by atoms with E-state index in [9.17, 15) is 13.2 Å². The highest BCUT2D eigenvalue weighted by Crippen LogP contribution is 2.48. The quantitative estimate of drug-likeness (QED) is 0.771. The van der Waals surface area contributed by atoms with Gasteiger partial charge in [0.15, 0.2) is 5.60 Å². The molecular formula is C20H19NO4S2. The first-order valence-electron chi connectivity index (χ1n) is 8.79. The molecule has 7 heteroatoms. The first kappa shape index (κ1) is 18.1. The Bertz CT molecular complexity index is 979. The van der Waals surface area contributed by atoms with Crippen molar-refractivity contribution in [2.75, 3.05) is 0 Å². The Labute approximate surface area is 162 Å². The molecule has 1 aliphatic carbocycles. The van der Waals surface area contributed by atoms with Gasteiger partial charge < -0.3 is 4.74 Å². The fourth-order valence-electron chi connectivity index (χ4n) is 3.51. The van der Waals surface area contributed by atoms with E-state index in [2.05, 4.69) is 4.72 Å². The number of esters is 1. The number of carbonyl (C=O) groups is 1. The van der Waals surface area contributed by atoms with E-state index in [-0.39, 0.29) is 4.90 Å². The summed E-state index contributed by atoms with van der Waals surface area (Å²) in [6, 6.07) is 17.6. The summed E-state index contributed by atoms with van der Waals surface area (Å²) in [7, 11) is -3.81. The molecule has 0 radical (unpaired) electrons. The highest BCUT2D eigenvalue weighted by atomic mass is 32.2. The molecule has 1 spiro atoms. The van der Waals surface area contributed by atoms with Crippen molar-refractivity contribution in [2.45, 2.75) is 41.1 Å². The Morgan fingerprint density at radius 1 is 0.926 bits per heavy atom. The van der Waals surface area contributed by atoms with Crippen LogP contribution in [0.4, 0.5) is 0 Å². The van der Waals surface area contributed by atoms with Gasteiger partial charge in [-0.05, 0) is 49.9 Å². The number of hydrogen-bond acceptors (Lipinski definition) is 5. The zero-order valence-electron chi connectivity index (χ0n) is 14.6. The second kappa shape index (κ2) is 7.05. The average molecular weight is 402 g/mol. The van der Waals surface area contributed by atoms with Crippen molar-refractivity contribution in [3.63, 3.8) is 0 Å². The van der Waals surface area contributed by atoms with Crippen molar-refractivity contribution >= 4 is 27.8 Å². The Morgan fingerprint density at radius 2 is 1.52 bits per heavy atom. The molecule has 5 nitrogen and oxygen atoms in total. The van der Waals surface area contributed by atoms with Crippen molar-refractivity contribution in [3.05, 3.63) is 71.3 Å². The van der Waals surface area contributed by atoms with Gasteiger partial charge >= 0.3 is 5.97 Å². The molecule has 2 aliphatic rings. The molecule has 0 unspecified atom stereocenters. The van der Waals surface area contributed by atoms with Gasteiger partial charge in [0.05, 0.1) is 10.6 Å². The standard InChI is InChI=1S/C20H19NO4S2/c22-19-17(26-15-9-3-1-4-10-15)18(20(25-19)13-7-8-14-20)21-27(23,24)16-11-5-2-6-12-16/h1-6,9-12,21H,7-8,13-14H2. The van der Waals surface area contributed by atoms with Crippen molar-refractivity contribution in [2.24, 2.45) is 0 Å². The van der Waals surface area contributed by atoms with Gasteiger partial charge in [-0.1, -0.05) is 48.2 Å². The predicted molar refractivity (Wildman–Crippen MR) is 103 cm³/mol. The monoisotopic (exact) mass is 401 g/mol. The Balaban J connectivity index is 1.76. The summed E-state index contributed by atoms with van der Waals surface area (Å²) >= 11 is 1.24. The van der Waals surface area contributed by atoms with Crippen LogP contribution in [0.3, 0.4) is 0 Å². The summed E-state index contributed by atoms with van der Waals surface area (Å²) in [6.45, 7) is 0. The summed E-state index contributed by atoms with van der Waals surface area (Å²) in [4.78, 5) is 14.0. The molecule has 0 saturated heterocycles. The van der Waals surface area contributed by atoms with Crippen LogP contribution in [0.25, 0.3) is 0 Å². The van der Waals surface area contributed by atoms with Crippen LogP contribution in [0.5, 0.6) is 0 Å². The van der Waals surface area contributed by atoms with E-state index in [0.717, 1.165) is 17.7 Å². The number of rotatable bonds is 5. The van der Waals surface area contributed by atoms with Crippen LogP contribution in [-0.2, 0) is 19.6 Å². The third-order valence-electron chi connectivity index (χ3n) is 4.82. The topological polar surface area (TPSA) is 72.5 Å². The molecule has 2 aromatic rings. The van der Waals surface area contributed by atoms with Crippen LogP contribution in [0.15, 0.2) is 81.1 Å². The number of sulfonamides is 1. The van der Waals surface area contributed by atoms with Crippen LogP contribution in [-0.4, -0.2) is 20.0 Å². The van der Waals surface area contributed by atoms with Crippen LogP contribution in [0.2, 0.25) is 0 Å². The van der Waals surface area contributed by atoms with E-state index >= 15 is 0 Å². The zero-order chi connectivity index (χ0) is 18.9. The zero-order valence-corrected chi connectivity index (χ0v) is 16.2. The van der Waals surface area contributed by atoms with Gasteiger partial charge in [0, 0.05) is 4.90 Å². The molecule has 1 heterocycles. The molecule has 1 saturated carbocycles. The number of carbonyl (C=O) groups excluding carboxylic acids is 1. The first-order valence-corrected chi connectivity index (χ1v) is 11.1. The largest absolute Gasteiger partial charge is 0.449 e. The second-order valence-electron chi connectivity index (χ2n) is 6.63. The smallest absolute Gasteiger partial charge is 0.347 e. The van der Waals surface area contributed by atoms with Crippen LogP contribution in [0.1, 0.15) is 25.7 Å². The summed E-state index contributed by atoms with van der Waals surface area (Å²) in [5.41, 5.74) is -0.488. The lowest BCUT2D eigenvalue weighted by Gasteiger charge is -2.26. The van der Waals surface area contributed by atoms with E-state index < -0.39 is 21.6 Å². The van der Waals surface area contributed by atoms with Gasteiger partial charge in [0.2, 0.25) is 0 Å². The number of nitrogens with one attached hydrogen (secondary N) is 1. The van der Waals surface area contributed by atoms with E-state index in [0.29, 0.717) is 23.4 Å². The normalized spacial score (nSPS) is 18.7. The SMILES string of the molecule is O=C1OC2(CCCC2)C(NS(=O)(=O)c2ccccc2)=C1Sc1ccccc1. The van der Waals surface area contributed by atoms with E-state index in [1.807, 2.05) is 30.3 Å². The molecule has 0 bridgehead atoms. The van der Waals surface area contributed by atoms with Gasteiger partial charge in [0.1, 0.15) is 4.91 Å². The van der Waals surface area contributed by atoms with Crippen molar-refractivity contribution in [3.8, 4) is 0 Å². The predicted octanol–water partition coefficient (Wildman–Crippen LogP) is 3.84. The van der Waals surface area contributed by atoms with Crippen molar-refractivity contribution < 1.29 is 17.9 Å². The molecule has 27 heavy (non-hydrogen) atoms. The van der Waals surface area contributed by atoms with Crippen molar-refractivity contribution in [1.29, 1.82) is 0 Å². The first-order chi connectivity index (χ1) is 13.0. The minimum atomic E-state index is -3.81. The maximum absolute atomic E-state index is 12.9. The molecule has 140 valence electrons. The summed E-state index contributed by atoms with van der Waals surface area (Å²) in [5, 5.41) is 0. The fraction of sp³-hybridized carbons (Fsp3) is 0.250. The third-order valence-corrected chi connectivity index (χ3v) is 7.27. The molecule has 0 atom stereocenters. The van der Waals surface area contributed by atoms with Crippen LogP contribution in [0, 0.1) is 0 Å². The number of ether oxygens (including phenoxy) is 1.